The number of hydrogen-bond acceptors (Lipinski definition) is 6. The Morgan fingerprint density at radius 3 is 2.71 bits per heavy atom. The quantitative estimate of drug-likeness (QED) is 0.432. The maximum absolute atomic E-state index is 13.8. The van der Waals surface area contributed by atoms with Gasteiger partial charge in [-0.3, -0.25) is 4.79 Å². The fourth-order valence-electron chi connectivity index (χ4n) is 4.70. The lowest BCUT2D eigenvalue weighted by Crippen LogP contribution is -2.43. The van der Waals surface area contributed by atoms with Gasteiger partial charge in [-0.15, -0.1) is 10.2 Å². The van der Waals surface area contributed by atoms with Crippen LogP contribution in [-0.4, -0.2) is 37.9 Å². The number of carbonyl (C=O) groups is 1. The lowest BCUT2D eigenvalue weighted by molar-refractivity contribution is -0.145. The van der Waals surface area contributed by atoms with Crippen LogP contribution in [0.25, 0.3) is 22.7 Å². The Hall–Kier alpha value is -4.08. The SMILES string of the molecule is COc1cc(-c2nnc3n2CCCC3(Cc2ccc(F)c(F)c2)C(=O)O)ccc1-c1cnc(C)o1. The smallest absolute Gasteiger partial charge is 0.317 e. The fourth-order valence-corrected chi connectivity index (χ4v) is 4.70. The van der Waals surface area contributed by atoms with Gasteiger partial charge in [0.25, 0.3) is 0 Å². The van der Waals surface area contributed by atoms with E-state index >= 15 is 0 Å². The van der Waals surface area contributed by atoms with E-state index in [-0.39, 0.29) is 12.2 Å². The number of carboxylic acid groups (broad SMARTS) is 1. The number of aliphatic carboxylic acids is 1. The van der Waals surface area contributed by atoms with Gasteiger partial charge in [0.2, 0.25) is 0 Å². The summed E-state index contributed by atoms with van der Waals surface area (Å²) >= 11 is 0. The second-order valence-electron chi connectivity index (χ2n) is 8.57. The first kappa shape index (κ1) is 22.7. The molecule has 3 heterocycles. The van der Waals surface area contributed by atoms with Gasteiger partial charge in [0.1, 0.15) is 11.2 Å². The molecule has 1 N–H and O–H groups in total. The number of methoxy groups -OCH3 is 1. The van der Waals surface area contributed by atoms with Gasteiger partial charge in [-0.1, -0.05) is 12.1 Å². The van der Waals surface area contributed by atoms with Crippen LogP contribution in [0.1, 0.15) is 30.1 Å². The number of aryl methyl sites for hydroxylation is 1. The number of aromatic nitrogens is 4. The predicted molar refractivity (Wildman–Crippen MR) is 121 cm³/mol. The maximum Gasteiger partial charge on any atom is 0.317 e. The normalized spacial score (nSPS) is 17.3. The van der Waals surface area contributed by atoms with Gasteiger partial charge in [0.15, 0.2) is 34.9 Å². The highest BCUT2D eigenvalue weighted by Crippen LogP contribution is 2.40. The van der Waals surface area contributed by atoms with E-state index in [1.165, 1.54) is 6.07 Å². The standard InChI is InChI=1S/C25H22F2N4O4/c1-14-28-13-21(35-14)17-6-5-16(11-20(17)34-2)22-29-30-23-25(24(32)33,8-3-9-31(22)23)12-15-4-7-18(26)19(27)10-15/h4-7,10-11,13H,3,8-9,12H2,1-2H3,(H,32,33). The molecule has 0 fully saturated rings. The van der Waals surface area contributed by atoms with Gasteiger partial charge >= 0.3 is 5.97 Å². The molecule has 0 spiro atoms. The Balaban J connectivity index is 1.56. The molecule has 1 aliphatic rings. The Morgan fingerprint density at radius 1 is 1.20 bits per heavy atom. The van der Waals surface area contributed by atoms with E-state index in [2.05, 4.69) is 15.2 Å². The molecule has 1 aliphatic heterocycles. The molecule has 4 aromatic rings. The van der Waals surface area contributed by atoms with Crippen molar-refractivity contribution in [2.24, 2.45) is 0 Å². The minimum atomic E-state index is -1.42. The summed E-state index contributed by atoms with van der Waals surface area (Å²) in [5.74, 6) is -0.678. The third kappa shape index (κ3) is 3.84. The summed E-state index contributed by atoms with van der Waals surface area (Å²) in [7, 11) is 1.54. The number of carboxylic acids is 1. The Bertz CT molecular complexity index is 1430. The van der Waals surface area contributed by atoms with Crippen LogP contribution in [0, 0.1) is 18.6 Å². The van der Waals surface area contributed by atoms with Crippen LogP contribution in [0.2, 0.25) is 0 Å². The molecule has 10 heteroatoms. The molecular weight excluding hydrogens is 458 g/mol. The van der Waals surface area contributed by atoms with Crippen molar-refractivity contribution in [1.29, 1.82) is 0 Å². The van der Waals surface area contributed by atoms with Crippen molar-refractivity contribution in [3.05, 3.63) is 71.5 Å². The van der Waals surface area contributed by atoms with Crippen molar-refractivity contribution in [1.82, 2.24) is 19.7 Å². The first-order valence-corrected chi connectivity index (χ1v) is 11.0. The number of ether oxygens (including phenoxy) is 1. The van der Waals surface area contributed by atoms with Crippen molar-refractivity contribution >= 4 is 5.97 Å². The van der Waals surface area contributed by atoms with Crippen molar-refractivity contribution in [3.63, 3.8) is 0 Å². The summed E-state index contributed by atoms with van der Waals surface area (Å²) in [6, 6.07) is 8.88. The molecule has 35 heavy (non-hydrogen) atoms. The second kappa shape index (κ2) is 8.61. The molecule has 1 atom stereocenters. The van der Waals surface area contributed by atoms with E-state index in [4.69, 9.17) is 9.15 Å². The van der Waals surface area contributed by atoms with E-state index in [0.29, 0.717) is 59.3 Å². The molecule has 0 radical (unpaired) electrons. The number of halogens is 2. The molecule has 0 saturated carbocycles. The molecule has 0 saturated heterocycles. The van der Waals surface area contributed by atoms with Crippen LogP contribution >= 0.6 is 0 Å². The Morgan fingerprint density at radius 2 is 2.03 bits per heavy atom. The van der Waals surface area contributed by atoms with E-state index in [0.717, 1.165) is 12.1 Å². The van der Waals surface area contributed by atoms with Crippen molar-refractivity contribution < 1.29 is 27.8 Å². The minimum absolute atomic E-state index is 0.0369. The molecule has 0 bridgehead atoms. The van der Waals surface area contributed by atoms with E-state index < -0.39 is 23.0 Å². The van der Waals surface area contributed by atoms with Crippen LogP contribution in [0.4, 0.5) is 8.78 Å². The average molecular weight is 480 g/mol. The van der Waals surface area contributed by atoms with Crippen molar-refractivity contribution in [2.75, 3.05) is 7.11 Å². The molecular formula is C25H22F2N4O4. The molecule has 2 aromatic carbocycles. The highest BCUT2D eigenvalue weighted by Gasteiger charge is 2.47. The molecule has 2 aromatic heterocycles. The molecule has 180 valence electrons. The number of rotatable bonds is 6. The highest BCUT2D eigenvalue weighted by atomic mass is 19.2. The number of nitrogens with zero attached hydrogens (tertiary/aromatic N) is 4. The monoisotopic (exact) mass is 480 g/mol. The topological polar surface area (TPSA) is 103 Å². The predicted octanol–water partition coefficient (Wildman–Crippen LogP) is 4.55. The third-order valence-electron chi connectivity index (χ3n) is 6.41. The molecule has 1 unspecified atom stereocenters. The lowest BCUT2D eigenvalue weighted by atomic mass is 9.75. The lowest BCUT2D eigenvalue weighted by Gasteiger charge is -2.33. The minimum Gasteiger partial charge on any atom is -0.496 e. The summed E-state index contributed by atoms with van der Waals surface area (Å²) in [4.78, 5) is 16.7. The summed E-state index contributed by atoms with van der Waals surface area (Å²) in [5.41, 5.74) is 0.357. The van der Waals surface area contributed by atoms with Gasteiger partial charge in [-0.05, 0) is 49.1 Å². The van der Waals surface area contributed by atoms with Crippen LogP contribution in [-0.2, 0) is 23.2 Å². The number of fused-ring (bicyclic) bond motifs is 1. The molecule has 0 aliphatic carbocycles. The zero-order valence-electron chi connectivity index (χ0n) is 19.1. The molecule has 0 amide bonds. The molecule has 8 nitrogen and oxygen atoms in total. The first-order valence-electron chi connectivity index (χ1n) is 11.0. The van der Waals surface area contributed by atoms with Gasteiger partial charge in [0, 0.05) is 19.0 Å². The Labute approximate surface area is 199 Å². The summed E-state index contributed by atoms with van der Waals surface area (Å²) < 4.78 is 40.2. The zero-order valence-corrected chi connectivity index (χ0v) is 19.1. The van der Waals surface area contributed by atoms with Gasteiger partial charge in [-0.2, -0.15) is 0 Å². The van der Waals surface area contributed by atoms with E-state index in [9.17, 15) is 18.7 Å². The van der Waals surface area contributed by atoms with Crippen molar-refractivity contribution in [3.8, 4) is 28.5 Å². The van der Waals surface area contributed by atoms with Crippen LogP contribution in [0.3, 0.4) is 0 Å². The van der Waals surface area contributed by atoms with Crippen LogP contribution in [0.15, 0.2) is 47.0 Å². The largest absolute Gasteiger partial charge is 0.496 e. The fraction of sp³-hybridized carbons (Fsp3) is 0.280. The maximum atomic E-state index is 13.8. The highest BCUT2D eigenvalue weighted by molar-refractivity contribution is 5.81. The average Bonchev–Trinajstić information content (AvgIpc) is 3.48. The van der Waals surface area contributed by atoms with Crippen LogP contribution in [0.5, 0.6) is 5.75 Å². The third-order valence-corrected chi connectivity index (χ3v) is 6.41. The number of hydrogen-bond donors (Lipinski definition) is 1. The number of benzene rings is 2. The van der Waals surface area contributed by atoms with Gasteiger partial charge < -0.3 is 18.8 Å². The van der Waals surface area contributed by atoms with E-state index in [1.807, 2.05) is 12.1 Å². The van der Waals surface area contributed by atoms with E-state index in [1.54, 1.807) is 30.9 Å². The molecule has 5 rings (SSSR count). The van der Waals surface area contributed by atoms with Gasteiger partial charge in [0.05, 0.1) is 18.9 Å². The number of oxazole rings is 1. The zero-order chi connectivity index (χ0) is 24.7. The summed E-state index contributed by atoms with van der Waals surface area (Å²) in [5, 5.41) is 18.9. The van der Waals surface area contributed by atoms with Crippen molar-refractivity contribution in [2.45, 2.75) is 38.1 Å². The van der Waals surface area contributed by atoms with Crippen LogP contribution < -0.4 is 4.74 Å². The Kier molecular flexibility index (Phi) is 5.58. The summed E-state index contributed by atoms with van der Waals surface area (Å²) in [6.45, 7) is 2.28. The second-order valence-corrected chi connectivity index (χ2v) is 8.57. The summed E-state index contributed by atoms with van der Waals surface area (Å²) in [6.07, 6.45) is 2.43. The van der Waals surface area contributed by atoms with Gasteiger partial charge in [-0.25, -0.2) is 13.8 Å². The first-order chi connectivity index (χ1) is 16.8.